The van der Waals surface area contributed by atoms with Gasteiger partial charge in [0.2, 0.25) is 0 Å². The van der Waals surface area contributed by atoms with Gasteiger partial charge < -0.3 is 10.6 Å². The molecule has 0 unspecified atom stereocenters. The normalized spacial score (nSPS) is 12.3. The van der Waals surface area contributed by atoms with Crippen LogP contribution in [0.4, 0.5) is 0 Å². The standard InChI is InChI=1S/C18H26N4S/c1-5-19-17(20-11-16-14(2)22-13-23-16)21-12-18(3,4)15-9-7-6-8-10-15/h6-10,13H,5,11-12H2,1-4H3,(H2,19,20,21). The molecule has 0 bridgehead atoms. The van der Waals surface area contributed by atoms with Crippen LogP contribution in [-0.4, -0.2) is 24.0 Å². The second-order valence-electron chi connectivity index (χ2n) is 6.16. The lowest BCUT2D eigenvalue weighted by atomic mass is 9.85. The van der Waals surface area contributed by atoms with Gasteiger partial charge in [-0.3, -0.25) is 0 Å². The van der Waals surface area contributed by atoms with Gasteiger partial charge in [-0.25, -0.2) is 9.98 Å². The molecule has 2 rings (SSSR count). The molecular formula is C18H26N4S. The Morgan fingerprint density at radius 2 is 1.96 bits per heavy atom. The first kappa shape index (κ1) is 17.5. The smallest absolute Gasteiger partial charge is 0.191 e. The third kappa shape index (κ3) is 5.06. The largest absolute Gasteiger partial charge is 0.357 e. The molecule has 124 valence electrons. The molecule has 0 aliphatic heterocycles. The number of benzene rings is 1. The van der Waals surface area contributed by atoms with Gasteiger partial charge in [-0.1, -0.05) is 44.2 Å². The maximum atomic E-state index is 4.68. The van der Waals surface area contributed by atoms with Crippen LogP contribution in [0, 0.1) is 6.92 Å². The van der Waals surface area contributed by atoms with Crippen molar-refractivity contribution in [3.63, 3.8) is 0 Å². The van der Waals surface area contributed by atoms with E-state index >= 15 is 0 Å². The third-order valence-corrected chi connectivity index (χ3v) is 4.74. The number of aromatic nitrogens is 1. The van der Waals surface area contributed by atoms with Crippen LogP contribution < -0.4 is 10.6 Å². The molecule has 1 heterocycles. The Kier molecular flexibility index (Phi) is 6.16. The minimum absolute atomic E-state index is 0.0395. The first-order chi connectivity index (χ1) is 11.0. The number of nitrogens with zero attached hydrogens (tertiary/aromatic N) is 2. The maximum absolute atomic E-state index is 4.68. The van der Waals surface area contributed by atoms with Gasteiger partial charge in [0, 0.05) is 23.4 Å². The molecule has 0 radical (unpaired) electrons. The SMILES string of the molecule is CCNC(=NCc1scnc1C)NCC(C)(C)c1ccccc1. The van der Waals surface area contributed by atoms with Crippen molar-refractivity contribution in [1.82, 2.24) is 15.6 Å². The van der Waals surface area contributed by atoms with Crippen LogP contribution in [0.1, 0.15) is 36.9 Å². The second-order valence-corrected chi connectivity index (χ2v) is 7.10. The number of aliphatic imine (C=N–C) groups is 1. The Morgan fingerprint density at radius 3 is 2.57 bits per heavy atom. The number of guanidine groups is 1. The highest BCUT2D eigenvalue weighted by Crippen LogP contribution is 2.21. The Hall–Kier alpha value is -1.88. The van der Waals surface area contributed by atoms with Gasteiger partial charge in [0.15, 0.2) is 5.96 Å². The van der Waals surface area contributed by atoms with Crippen molar-refractivity contribution < 1.29 is 0 Å². The number of nitrogens with one attached hydrogen (secondary N) is 2. The van der Waals surface area contributed by atoms with E-state index in [-0.39, 0.29) is 5.41 Å². The molecule has 0 spiro atoms. The van der Waals surface area contributed by atoms with Gasteiger partial charge in [-0.15, -0.1) is 11.3 Å². The minimum atomic E-state index is 0.0395. The van der Waals surface area contributed by atoms with Gasteiger partial charge in [0.25, 0.3) is 0 Å². The lowest BCUT2D eigenvalue weighted by Gasteiger charge is -2.26. The fourth-order valence-electron chi connectivity index (χ4n) is 2.27. The van der Waals surface area contributed by atoms with Crippen LogP contribution in [-0.2, 0) is 12.0 Å². The molecule has 1 aromatic carbocycles. The van der Waals surface area contributed by atoms with Crippen molar-refractivity contribution >= 4 is 17.3 Å². The predicted molar refractivity (Wildman–Crippen MR) is 99.1 cm³/mol. The fourth-order valence-corrected chi connectivity index (χ4v) is 2.97. The molecule has 0 aliphatic rings. The van der Waals surface area contributed by atoms with Crippen LogP contribution in [0.15, 0.2) is 40.8 Å². The first-order valence-corrected chi connectivity index (χ1v) is 8.87. The molecule has 5 heteroatoms. The van der Waals surface area contributed by atoms with Gasteiger partial charge >= 0.3 is 0 Å². The maximum Gasteiger partial charge on any atom is 0.191 e. The van der Waals surface area contributed by atoms with E-state index in [9.17, 15) is 0 Å². The van der Waals surface area contributed by atoms with E-state index < -0.39 is 0 Å². The summed E-state index contributed by atoms with van der Waals surface area (Å²) in [6.45, 7) is 10.9. The second kappa shape index (κ2) is 8.11. The van der Waals surface area contributed by atoms with E-state index in [1.54, 1.807) is 11.3 Å². The molecular weight excluding hydrogens is 304 g/mol. The lowest BCUT2D eigenvalue weighted by molar-refractivity contribution is 0.508. The van der Waals surface area contributed by atoms with E-state index in [0.717, 1.165) is 24.7 Å². The molecule has 2 N–H and O–H groups in total. The van der Waals surface area contributed by atoms with Crippen molar-refractivity contribution in [1.29, 1.82) is 0 Å². The highest BCUT2D eigenvalue weighted by Gasteiger charge is 2.20. The van der Waals surface area contributed by atoms with Crippen molar-refractivity contribution in [2.75, 3.05) is 13.1 Å². The van der Waals surface area contributed by atoms with Gasteiger partial charge in [0.05, 0.1) is 17.7 Å². The highest BCUT2D eigenvalue weighted by atomic mass is 32.1. The zero-order valence-electron chi connectivity index (χ0n) is 14.4. The first-order valence-electron chi connectivity index (χ1n) is 7.99. The minimum Gasteiger partial charge on any atom is -0.357 e. The Labute approximate surface area is 143 Å². The van der Waals surface area contributed by atoms with Crippen molar-refractivity contribution in [3.8, 4) is 0 Å². The van der Waals surface area contributed by atoms with Gasteiger partial charge in [-0.2, -0.15) is 0 Å². The molecule has 2 aromatic rings. The number of hydrogen-bond donors (Lipinski definition) is 2. The quantitative estimate of drug-likeness (QED) is 0.630. The monoisotopic (exact) mass is 330 g/mol. The summed E-state index contributed by atoms with van der Waals surface area (Å²) in [5.41, 5.74) is 4.30. The summed E-state index contributed by atoms with van der Waals surface area (Å²) < 4.78 is 0. The average molecular weight is 331 g/mol. The summed E-state index contributed by atoms with van der Waals surface area (Å²) in [7, 11) is 0. The lowest BCUT2D eigenvalue weighted by Crippen LogP contribution is -2.43. The molecule has 0 saturated heterocycles. The van der Waals surface area contributed by atoms with Crippen LogP contribution in [0.25, 0.3) is 0 Å². The molecule has 0 aliphatic carbocycles. The zero-order valence-corrected chi connectivity index (χ0v) is 15.2. The molecule has 1 aromatic heterocycles. The number of hydrogen-bond acceptors (Lipinski definition) is 3. The molecule has 4 nitrogen and oxygen atoms in total. The summed E-state index contributed by atoms with van der Waals surface area (Å²) in [6.07, 6.45) is 0. The van der Waals surface area contributed by atoms with Gasteiger partial charge in [0.1, 0.15) is 0 Å². The van der Waals surface area contributed by atoms with E-state index in [0.29, 0.717) is 6.54 Å². The molecule has 0 atom stereocenters. The zero-order chi connectivity index (χ0) is 16.7. The van der Waals surface area contributed by atoms with E-state index in [1.165, 1.54) is 10.4 Å². The molecule has 0 amide bonds. The Balaban J connectivity index is 2.00. The molecule has 0 fully saturated rings. The van der Waals surface area contributed by atoms with Crippen molar-refractivity contribution in [2.24, 2.45) is 4.99 Å². The summed E-state index contributed by atoms with van der Waals surface area (Å²) in [4.78, 5) is 10.2. The van der Waals surface area contributed by atoms with Crippen molar-refractivity contribution in [3.05, 3.63) is 52.0 Å². The van der Waals surface area contributed by atoms with Crippen LogP contribution >= 0.6 is 11.3 Å². The average Bonchev–Trinajstić information content (AvgIpc) is 2.96. The van der Waals surface area contributed by atoms with Crippen molar-refractivity contribution in [2.45, 2.75) is 39.7 Å². The van der Waals surface area contributed by atoms with Crippen LogP contribution in [0.2, 0.25) is 0 Å². The van der Waals surface area contributed by atoms with Gasteiger partial charge in [-0.05, 0) is 19.4 Å². The predicted octanol–water partition coefficient (Wildman–Crippen LogP) is 3.48. The topological polar surface area (TPSA) is 49.3 Å². The summed E-state index contributed by atoms with van der Waals surface area (Å²) in [5.74, 6) is 0.851. The van der Waals surface area contributed by atoms with E-state index in [1.807, 2.05) is 12.4 Å². The summed E-state index contributed by atoms with van der Waals surface area (Å²) >= 11 is 1.66. The summed E-state index contributed by atoms with van der Waals surface area (Å²) in [5, 5.41) is 6.78. The molecule has 23 heavy (non-hydrogen) atoms. The Bertz CT molecular complexity index is 631. The number of rotatable bonds is 6. The number of thiazole rings is 1. The Morgan fingerprint density at radius 1 is 1.22 bits per heavy atom. The van der Waals surface area contributed by atoms with E-state index in [2.05, 4.69) is 71.7 Å². The fraction of sp³-hybridized carbons (Fsp3) is 0.444. The molecule has 0 saturated carbocycles. The van der Waals surface area contributed by atoms with Crippen LogP contribution in [0.5, 0.6) is 0 Å². The third-order valence-electron chi connectivity index (χ3n) is 3.82. The summed E-state index contributed by atoms with van der Waals surface area (Å²) in [6, 6.07) is 10.6. The van der Waals surface area contributed by atoms with E-state index in [4.69, 9.17) is 0 Å². The highest BCUT2D eigenvalue weighted by molar-refractivity contribution is 7.09. The number of aryl methyl sites for hydroxylation is 1. The van der Waals surface area contributed by atoms with Crippen LogP contribution in [0.3, 0.4) is 0 Å².